The van der Waals surface area contributed by atoms with Crippen molar-refractivity contribution in [1.82, 2.24) is 16.4 Å². The molecule has 6 N–H and O–H groups in total. The van der Waals surface area contributed by atoms with Crippen LogP contribution in [0.1, 0.15) is 64.5 Å². The molecule has 3 aromatic rings. The van der Waals surface area contributed by atoms with E-state index in [4.69, 9.17) is 0 Å². The highest BCUT2D eigenvalue weighted by atomic mass is 17.2. The number of carbonyl (C=O) groups excluding carboxylic acids is 3. The second-order valence-electron chi connectivity index (χ2n) is 11.2. The van der Waals surface area contributed by atoms with Gasteiger partial charge in [-0.2, -0.15) is 31.4 Å². The number of aryl methyl sites for hydroxylation is 3. The van der Waals surface area contributed by atoms with E-state index in [9.17, 15) is 30.2 Å². The lowest BCUT2D eigenvalue weighted by Gasteiger charge is -2.52. The topological polar surface area (TPSA) is 213 Å². The molecule has 0 amide bonds. The summed E-state index contributed by atoms with van der Waals surface area (Å²) in [7, 11) is 0. The van der Waals surface area contributed by atoms with E-state index in [1.54, 1.807) is 75.4 Å². The first-order valence-corrected chi connectivity index (χ1v) is 14.9. The average Bonchev–Trinajstić information content (AvgIpc) is 3.08. The Kier molecular flexibility index (Phi) is 14.8. The molecular weight excluding hydrogens is 624 g/mol. The Hall–Kier alpha value is -4.56. The normalized spacial score (nSPS) is 14.1. The highest BCUT2D eigenvalue weighted by Crippen LogP contribution is 2.58. The minimum Gasteiger partial charge on any atom is -0.233 e. The van der Waals surface area contributed by atoms with Crippen molar-refractivity contribution in [1.29, 1.82) is 0 Å². The van der Waals surface area contributed by atoms with Gasteiger partial charge in [-0.05, 0) is 84.2 Å². The Morgan fingerprint density at radius 1 is 0.604 bits per heavy atom. The van der Waals surface area contributed by atoms with Gasteiger partial charge in [-0.25, -0.2) is 30.2 Å². The van der Waals surface area contributed by atoms with Crippen LogP contribution in [-0.4, -0.2) is 53.6 Å². The summed E-state index contributed by atoms with van der Waals surface area (Å²) in [6.07, 6.45) is 5.12. The summed E-state index contributed by atoms with van der Waals surface area (Å²) in [6, 6.07) is 16.1. The van der Waals surface area contributed by atoms with Crippen LogP contribution in [0.4, 0.5) is 17.1 Å². The quantitative estimate of drug-likeness (QED) is 0.0404. The molecule has 0 saturated heterocycles. The number of hydrogen-bond donors (Lipinski definition) is 6. The van der Waals surface area contributed by atoms with Crippen molar-refractivity contribution >= 4 is 35.3 Å². The van der Waals surface area contributed by atoms with Crippen molar-refractivity contribution in [2.45, 2.75) is 51.9 Å². The lowest BCUT2D eigenvalue weighted by atomic mass is 9.53. The molecular formula is C33H38N6O9. The number of hydroxylamine groups is 3. The van der Waals surface area contributed by atoms with Gasteiger partial charge in [0.2, 0.25) is 18.2 Å². The number of nitrogens with one attached hydrogen (secondary N) is 3. The van der Waals surface area contributed by atoms with Crippen LogP contribution in [0.15, 0.2) is 69.6 Å². The molecule has 0 heterocycles. The third-order valence-electron chi connectivity index (χ3n) is 9.02. The average molecular weight is 663 g/mol. The van der Waals surface area contributed by atoms with Gasteiger partial charge < -0.3 is 0 Å². The largest absolute Gasteiger partial charge is 0.240 e. The highest BCUT2D eigenvalue weighted by Gasteiger charge is 2.51. The van der Waals surface area contributed by atoms with Gasteiger partial charge in [-0.15, -0.1) is 15.0 Å². The Morgan fingerprint density at radius 2 is 0.896 bits per heavy atom. The third kappa shape index (κ3) is 8.66. The van der Waals surface area contributed by atoms with Crippen molar-refractivity contribution in [2.75, 3.05) is 19.6 Å². The van der Waals surface area contributed by atoms with E-state index < -0.39 is 23.2 Å². The fourth-order valence-electron chi connectivity index (χ4n) is 6.72. The Morgan fingerprint density at radius 3 is 1.12 bits per heavy atom. The van der Waals surface area contributed by atoms with Gasteiger partial charge in [-0.1, -0.05) is 43.3 Å². The lowest BCUT2D eigenvalue weighted by Crippen LogP contribution is -2.49. The molecule has 3 rings (SSSR count). The van der Waals surface area contributed by atoms with Crippen LogP contribution in [0.3, 0.4) is 0 Å². The van der Waals surface area contributed by atoms with E-state index in [2.05, 4.69) is 46.4 Å². The van der Waals surface area contributed by atoms with Gasteiger partial charge >= 0.3 is 0 Å². The number of aliphatic imine (C=N–C) groups is 3. The first kappa shape index (κ1) is 37.9. The van der Waals surface area contributed by atoms with Gasteiger partial charge in [0.05, 0.1) is 17.1 Å². The first-order valence-electron chi connectivity index (χ1n) is 14.9. The minimum absolute atomic E-state index is 0.0268. The van der Waals surface area contributed by atoms with E-state index in [0.717, 1.165) is 0 Å². The van der Waals surface area contributed by atoms with E-state index in [0.29, 0.717) is 56.9 Å². The third-order valence-corrected chi connectivity index (χ3v) is 9.02. The Bertz CT molecular complexity index is 1490. The van der Waals surface area contributed by atoms with Crippen LogP contribution in [-0.2, 0) is 29.3 Å². The molecule has 0 aromatic heterocycles. The molecule has 15 nitrogen and oxygen atoms in total. The molecule has 3 unspecified atom stereocenters. The molecule has 3 atom stereocenters. The molecule has 0 bridgehead atoms. The fraction of sp³-hybridized carbons (Fsp3) is 0.364. The Labute approximate surface area is 276 Å². The molecule has 0 spiro atoms. The van der Waals surface area contributed by atoms with Crippen molar-refractivity contribution < 1.29 is 45.1 Å². The molecule has 15 heteroatoms. The van der Waals surface area contributed by atoms with E-state index in [-0.39, 0.29) is 19.6 Å². The molecule has 254 valence electrons. The second kappa shape index (κ2) is 18.7. The van der Waals surface area contributed by atoms with Crippen molar-refractivity contribution in [3.05, 3.63) is 88.0 Å². The summed E-state index contributed by atoms with van der Waals surface area (Å²) in [5, 5.41) is 28.6. The molecule has 0 radical (unpaired) electrons. The highest BCUT2D eigenvalue weighted by molar-refractivity contribution is 5.58. The second-order valence-corrected chi connectivity index (χ2v) is 11.2. The van der Waals surface area contributed by atoms with E-state index in [1.807, 2.05) is 25.1 Å². The molecule has 48 heavy (non-hydrogen) atoms. The van der Waals surface area contributed by atoms with Crippen LogP contribution in [0.5, 0.6) is 0 Å². The summed E-state index contributed by atoms with van der Waals surface area (Å²) >= 11 is 0. The lowest BCUT2D eigenvalue weighted by molar-refractivity contribution is -0.298. The van der Waals surface area contributed by atoms with Crippen molar-refractivity contribution in [3.8, 4) is 0 Å². The van der Waals surface area contributed by atoms with Gasteiger partial charge in [-0.3, -0.25) is 0 Å². The van der Waals surface area contributed by atoms with E-state index >= 15 is 0 Å². The minimum atomic E-state index is -1.07. The smallest absolute Gasteiger partial charge is 0.233 e. The molecule has 0 fully saturated rings. The summed E-state index contributed by atoms with van der Waals surface area (Å²) in [6.45, 7) is 7.22. The van der Waals surface area contributed by atoms with E-state index in [1.165, 1.54) is 0 Å². The predicted molar refractivity (Wildman–Crippen MR) is 173 cm³/mol. The number of isocyanates is 3. The molecule has 0 aliphatic heterocycles. The Balaban J connectivity index is 2.57. The maximum atomic E-state index is 11.4. The molecule has 0 aliphatic carbocycles. The summed E-state index contributed by atoms with van der Waals surface area (Å²) in [5.41, 5.74) is 11.8. The number of nitrogens with zero attached hydrogens (tertiary/aromatic N) is 3. The van der Waals surface area contributed by atoms with Crippen LogP contribution in [0.2, 0.25) is 0 Å². The maximum absolute atomic E-state index is 11.4. The predicted octanol–water partition coefficient (Wildman–Crippen LogP) is 5.54. The molecule has 0 saturated carbocycles. The SMILES string of the molecule is CCC(C(CNOO)c1ccc(C)c(N=C=O)c1)(C(CNOO)c1ccc(C)c(N=C=O)c1)C(CNOO)c1ccc(C)c(N=C=O)c1. The number of hydrogen-bond acceptors (Lipinski definition) is 15. The van der Waals surface area contributed by atoms with Crippen LogP contribution in [0.25, 0.3) is 0 Å². The van der Waals surface area contributed by atoms with Gasteiger partial charge in [0.25, 0.3) is 0 Å². The summed E-state index contributed by atoms with van der Waals surface area (Å²) in [5.74, 6) is -1.94. The van der Waals surface area contributed by atoms with Crippen molar-refractivity contribution in [3.63, 3.8) is 0 Å². The first-order chi connectivity index (χ1) is 23.2. The van der Waals surface area contributed by atoms with Crippen molar-refractivity contribution in [2.24, 2.45) is 20.4 Å². The number of rotatable bonds is 19. The maximum Gasteiger partial charge on any atom is 0.240 e. The summed E-state index contributed by atoms with van der Waals surface area (Å²) in [4.78, 5) is 58.9. The fourth-order valence-corrected chi connectivity index (χ4v) is 6.72. The van der Waals surface area contributed by atoms with Gasteiger partial charge in [0.15, 0.2) is 0 Å². The zero-order valence-corrected chi connectivity index (χ0v) is 26.9. The van der Waals surface area contributed by atoms with Gasteiger partial charge in [0.1, 0.15) is 0 Å². The molecule has 3 aromatic carbocycles. The van der Waals surface area contributed by atoms with Gasteiger partial charge in [0, 0.05) is 37.4 Å². The zero-order chi connectivity index (χ0) is 35.1. The zero-order valence-electron chi connectivity index (χ0n) is 26.9. The monoisotopic (exact) mass is 662 g/mol. The summed E-state index contributed by atoms with van der Waals surface area (Å²) < 4.78 is 0. The van der Waals surface area contributed by atoms with Crippen LogP contribution in [0, 0.1) is 26.2 Å². The van der Waals surface area contributed by atoms with Crippen LogP contribution >= 0.6 is 0 Å². The van der Waals surface area contributed by atoms with Crippen LogP contribution < -0.4 is 16.4 Å². The number of benzene rings is 3. The molecule has 0 aliphatic rings. The standard InChI is InChI=1S/C33H38N6O9/c1-5-33(27(15-37-46-43)24-9-6-21(2)30(12-24)34-18-40,28(16-38-47-44)25-10-7-22(3)31(13-25)35-19-41)29(17-39-48-45)26-11-8-23(4)32(14-26)36-20-42/h6-14,27-29,37-39,43-45H,5,15-17H2,1-4H3.